The van der Waals surface area contributed by atoms with Crippen molar-refractivity contribution in [2.24, 2.45) is 17.8 Å². The largest absolute Gasteiger partial charge is 0.0998 e. The van der Waals surface area contributed by atoms with Gasteiger partial charge in [-0.15, -0.1) is 0 Å². The number of rotatable bonds is 2. The van der Waals surface area contributed by atoms with Gasteiger partial charge < -0.3 is 0 Å². The van der Waals surface area contributed by atoms with Gasteiger partial charge in [-0.1, -0.05) is 45.8 Å². The number of hydrogen-bond acceptors (Lipinski definition) is 0. The maximum absolute atomic E-state index is 4.14. The summed E-state index contributed by atoms with van der Waals surface area (Å²) in [7, 11) is 0. The normalized spacial score (nSPS) is 36.9. The van der Waals surface area contributed by atoms with Gasteiger partial charge in [0.25, 0.3) is 0 Å². The maximum atomic E-state index is 4.14. The molecular weight excluding hydrogens is 144 g/mol. The van der Waals surface area contributed by atoms with Crippen LogP contribution in [-0.4, -0.2) is 0 Å². The lowest BCUT2D eigenvalue weighted by Crippen LogP contribution is -2.26. The first-order valence-electron chi connectivity index (χ1n) is 5.35. The zero-order valence-electron chi connectivity index (χ0n) is 8.77. The molecule has 0 saturated heterocycles. The van der Waals surface area contributed by atoms with Crippen LogP contribution in [0.4, 0.5) is 0 Å². The Morgan fingerprint density at radius 1 is 1.17 bits per heavy atom. The predicted octanol–water partition coefficient (Wildman–Crippen LogP) is 4.02. The molecule has 0 radical (unpaired) electrons. The predicted molar refractivity (Wildman–Crippen MR) is 55.1 cm³/mol. The van der Waals surface area contributed by atoms with Gasteiger partial charge in [-0.05, 0) is 30.6 Å². The van der Waals surface area contributed by atoms with Crippen LogP contribution in [0.2, 0.25) is 0 Å². The topological polar surface area (TPSA) is 0 Å². The average molecular weight is 166 g/mol. The molecule has 0 heterocycles. The SMILES string of the molecule is C=C1CC(CC)C(C)C(CC)C1. The Bertz CT molecular complexity index is 141. The van der Waals surface area contributed by atoms with E-state index in [1.165, 1.54) is 31.3 Å². The van der Waals surface area contributed by atoms with E-state index in [2.05, 4.69) is 27.4 Å². The minimum absolute atomic E-state index is 0.913. The van der Waals surface area contributed by atoms with Gasteiger partial charge in [0.15, 0.2) is 0 Å². The molecule has 1 aliphatic rings. The first-order chi connectivity index (χ1) is 5.69. The highest BCUT2D eigenvalue weighted by atomic mass is 14.3. The lowest BCUT2D eigenvalue weighted by atomic mass is 9.69. The van der Waals surface area contributed by atoms with Gasteiger partial charge in [0.05, 0.1) is 0 Å². The fourth-order valence-electron chi connectivity index (χ4n) is 2.61. The highest BCUT2D eigenvalue weighted by Gasteiger charge is 2.28. The second-order valence-electron chi connectivity index (χ2n) is 4.35. The van der Waals surface area contributed by atoms with Crippen molar-refractivity contribution in [2.45, 2.75) is 46.5 Å². The molecule has 12 heavy (non-hydrogen) atoms. The molecule has 0 aromatic rings. The van der Waals surface area contributed by atoms with E-state index in [1.54, 1.807) is 0 Å². The lowest BCUT2D eigenvalue weighted by Gasteiger charge is -2.36. The van der Waals surface area contributed by atoms with Crippen LogP contribution < -0.4 is 0 Å². The third kappa shape index (κ3) is 1.91. The third-order valence-electron chi connectivity index (χ3n) is 3.64. The Morgan fingerprint density at radius 2 is 1.58 bits per heavy atom. The van der Waals surface area contributed by atoms with Crippen LogP contribution in [0.5, 0.6) is 0 Å². The van der Waals surface area contributed by atoms with Crippen molar-refractivity contribution in [1.29, 1.82) is 0 Å². The van der Waals surface area contributed by atoms with Crippen LogP contribution in [0.1, 0.15) is 46.5 Å². The first kappa shape index (κ1) is 9.83. The van der Waals surface area contributed by atoms with Crippen molar-refractivity contribution in [3.63, 3.8) is 0 Å². The molecule has 0 aromatic heterocycles. The zero-order chi connectivity index (χ0) is 9.14. The Morgan fingerprint density at radius 3 is 1.92 bits per heavy atom. The van der Waals surface area contributed by atoms with Crippen molar-refractivity contribution in [2.75, 3.05) is 0 Å². The van der Waals surface area contributed by atoms with Crippen molar-refractivity contribution in [1.82, 2.24) is 0 Å². The van der Waals surface area contributed by atoms with Gasteiger partial charge in [-0.3, -0.25) is 0 Å². The molecule has 0 N–H and O–H groups in total. The van der Waals surface area contributed by atoms with Crippen molar-refractivity contribution in [3.8, 4) is 0 Å². The van der Waals surface area contributed by atoms with Crippen LogP contribution >= 0.6 is 0 Å². The quantitative estimate of drug-likeness (QED) is 0.543. The molecular formula is C12H22. The molecule has 0 aromatic carbocycles. The Labute approximate surface area is 77.1 Å². The summed E-state index contributed by atoms with van der Waals surface area (Å²) in [5, 5.41) is 0. The molecule has 0 aliphatic heterocycles. The molecule has 1 rings (SSSR count). The van der Waals surface area contributed by atoms with Crippen LogP contribution in [0.3, 0.4) is 0 Å². The van der Waals surface area contributed by atoms with E-state index in [-0.39, 0.29) is 0 Å². The molecule has 70 valence electrons. The fraction of sp³-hybridized carbons (Fsp3) is 0.833. The summed E-state index contributed by atoms with van der Waals surface area (Å²) in [6, 6.07) is 0. The summed E-state index contributed by atoms with van der Waals surface area (Å²) >= 11 is 0. The van der Waals surface area contributed by atoms with E-state index in [0.29, 0.717) is 0 Å². The van der Waals surface area contributed by atoms with Crippen LogP contribution in [0, 0.1) is 17.8 Å². The summed E-state index contributed by atoms with van der Waals surface area (Å²) < 4.78 is 0. The van der Waals surface area contributed by atoms with E-state index >= 15 is 0 Å². The molecule has 2 atom stereocenters. The molecule has 2 unspecified atom stereocenters. The van der Waals surface area contributed by atoms with Gasteiger partial charge in [0.2, 0.25) is 0 Å². The summed E-state index contributed by atoms with van der Waals surface area (Å²) in [6.07, 6.45) is 5.23. The molecule has 1 fully saturated rings. The summed E-state index contributed by atoms with van der Waals surface area (Å²) in [4.78, 5) is 0. The highest BCUT2D eigenvalue weighted by molar-refractivity contribution is 5.03. The Balaban J connectivity index is 2.61. The maximum Gasteiger partial charge on any atom is -0.0292 e. The van der Waals surface area contributed by atoms with E-state index in [1.807, 2.05) is 0 Å². The molecule has 0 amide bonds. The average Bonchev–Trinajstić information content (AvgIpc) is 2.08. The summed E-state index contributed by atoms with van der Waals surface area (Å²) in [5.74, 6) is 2.75. The number of allylic oxidation sites excluding steroid dienone is 1. The van der Waals surface area contributed by atoms with Crippen molar-refractivity contribution in [3.05, 3.63) is 12.2 Å². The van der Waals surface area contributed by atoms with Crippen molar-refractivity contribution >= 4 is 0 Å². The minimum atomic E-state index is 0.913. The van der Waals surface area contributed by atoms with E-state index in [9.17, 15) is 0 Å². The summed E-state index contributed by atoms with van der Waals surface area (Å²) in [5.41, 5.74) is 1.49. The van der Waals surface area contributed by atoms with E-state index < -0.39 is 0 Å². The van der Waals surface area contributed by atoms with Gasteiger partial charge >= 0.3 is 0 Å². The number of hydrogen-bond donors (Lipinski definition) is 0. The Kier molecular flexibility index (Phi) is 3.37. The lowest BCUT2D eigenvalue weighted by molar-refractivity contribution is 0.196. The Hall–Kier alpha value is -0.260. The third-order valence-corrected chi connectivity index (χ3v) is 3.64. The van der Waals surface area contributed by atoms with Gasteiger partial charge in [0, 0.05) is 0 Å². The molecule has 1 aliphatic carbocycles. The van der Waals surface area contributed by atoms with Crippen LogP contribution in [0.25, 0.3) is 0 Å². The smallest absolute Gasteiger partial charge is 0.0292 e. The second-order valence-corrected chi connectivity index (χ2v) is 4.35. The van der Waals surface area contributed by atoms with Crippen LogP contribution in [-0.2, 0) is 0 Å². The molecule has 0 heteroatoms. The van der Waals surface area contributed by atoms with Gasteiger partial charge in [-0.2, -0.15) is 0 Å². The van der Waals surface area contributed by atoms with Crippen LogP contribution in [0.15, 0.2) is 12.2 Å². The zero-order valence-corrected chi connectivity index (χ0v) is 8.77. The fourth-order valence-corrected chi connectivity index (χ4v) is 2.61. The summed E-state index contributed by atoms with van der Waals surface area (Å²) in [6.45, 7) is 11.2. The molecule has 0 spiro atoms. The van der Waals surface area contributed by atoms with E-state index in [4.69, 9.17) is 0 Å². The standard InChI is InChI=1S/C12H22/c1-5-11-7-9(3)8-12(6-2)10(11)4/h10-12H,3,5-8H2,1-2,4H3. The molecule has 0 nitrogen and oxygen atoms in total. The monoisotopic (exact) mass is 166 g/mol. The van der Waals surface area contributed by atoms with E-state index in [0.717, 1.165) is 17.8 Å². The molecule has 1 saturated carbocycles. The second kappa shape index (κ2) is 4.11. The molecule has 0 bridgehead atoms. The van der Waals surface area contributed by atoms with Gasteiger partial charge in [-0.25, -0.2) is 0 Å². The first-order valence-corrected chi connectivity index (χ1v) is 5.35. The minimum Gasteiger partial charge on any atom is -0.0998 e. The van der Waals surface area contributed by atoms with Gasteiger partial charge in [0.1, 0.15) is 0 Å². The van der Waals surface area contributed by atoms with Crippen molar-refractivity contribution < 1.29 is 0 Å². The highest BCUT2D eigenvalue weighted by Crippen LogP contribution is 2.39.